The fraction of sp³-hybridized carbons (Fsp3) is 0.476. The van der Waals surface area contributed by atoms with Crippen LogP contribution in [0.2, 0.25) is 0 Å². The number of nitrogens with zero attached hydrogens (tertiary/aromatic N) is 2. The third-order valence-electron chi connectivity index (χ3n) is 6.82. The molecular weight excluding hydrogens is 344 g/mol. The van der Waals surface area contributed by atoms with Gasteiger partial charge in [-0.3, -0.25) is 4.90 Å². The number of esters is 1. The van der Waals surface area contributed by atoms with Crippen LogP contribution in [0, 0.1) is 5.41 Å². The molecule has 0 fully saturated rings. The fourth-order valence-electron chi connectivity index (χ4n) is 5.67. The molecule has 0 saturated carbocycles. The van der Waals surface area contributed by atoms with Crippen molar-refractivity contribution in [3.63, 3.8) is 0 Å². The van der Waals surface area contributed by atoms with Gasteiger partial charge in [-0.05, 0) is 30.5 Å². The monoisotopic (exact) mass is 368 g/mol. The Hall–Kier alpha value is -2.31. The Morgan fingerprint density at radius 2 is 2.22 bits per heavy atom. The van der Waals surface area contributed by atoms with Gasteiger partial charge in [-0.15, -0.1) is 0 Å². The predicted octanol–water partition coefficient (Wildman–Crippen LogP) is 2.43. The lowest BCUT2D eigenvalue weighted by Crippen LogP contribution is -2.58. The molecule has 0 bridgehead atoms. The maximum absolute atomic E-state index is 12.8. The fourth-order valence-corrected chi connectivity index (χ4v) is 5.67. The van der Waals surface area contributed by atoms with Crippen molar-refractivity contribution in [2.24, 2.45) is 5.41 Å². The largest absolute Gasteiger partial charge is 0.508 e. The van der Waals surface area contributed by atoms with Gasteiger partial charge in [0.15, 0.2) is 0 Å². The lowest BCUT2D eigenvalue weighted by Gasteiger charge is -2.55. The Morgan fingerprint density at radius 1 is 1.41 bits per heavy atom. The lowest BCUT2D eigenvalue weighted by molar-refractivity contribution is -0.187. The van der Waals surface area contributed by atoms with Crippen LogP contribution in [-0.2, 0) is 21.7 Å². The highest BCUT2D eigenvalue weighted by Crippen LogP contribution is 2.59. The molecule has 0 amide bonds. The van der Waals surface area contributed by atoms with Crippen molar-refractivity contribution in [3.8, 4) is 5.75 Å². The number of methoxy groups -OCH3 is 1. The summed E-state index contributed by atoms with van der Waals surface area (Å²) in [6, 6.07) is 5.31. The van der Waals surface area contributed by atoms with E-state index < -0.39 is 11.7 Å². The number of rotatable bonds is 2. The summed E-state index contributed by atoms with van der Waals surface area (Å²) in [5.41, 5.74) is 0.719. The number of carbonyl (C=O) groups excluding carboxylic acids is 1. The number of aromatic hydroxyl groups is 1. The first-order chi connectivity index (χ1) is 12.9. The topological polar surface area (TPSA) is 74.9 Å². The molecule has 0 unspecified atom stereocenters. The van der Waals surface area contributed by atoms with Crippen molar-refractivity contribution in [2.45, 2.75) is 38.0 Å². The van der Waals surface area contributed by atoms with Crippen molar-refractivity contribution < 1.29 is 19.7 Å². The molecule has 3 aliphatic rings. The molecule has 0 aliphatic carbocycles. The van der Waals surface area contributed by atoms with Crippen LogP contribution < -0.4 is 0 Å². The second-order valence-corrected chi connectivity index (χ2v) is 8.02. The van der Waals surface area contributed by atoms with E-state index in [9.17, 15) is 15.0 Å². The minimum atomic E-state index is -1.80. The molecule has 3 atom stereocenters. The SMILES string of the molecule is CC[C@]12C=CCN3CCc4c(n(c5cc(O)ccc45)[C@@](O)(C(=O)OC)C1)[C@@H]32. The Morgan fingerprint density at radius 3 is 2.96 bits per heavy atom. The van der Waals surface area contributed by atoms with Crippen LogP contribution in [0.5, 0.6) is 5.75 Å². The first-order valence-corrected chi connectivity index (χ1v) is 9.54. The number of aromatic nitrogens is 1. The highest BCUT2D eigenvalue weighted by molar-refractivity contribution is 5.91. The average Bonchev–Trinajstić information content (AvgIpc) is 3.01. The summed E-state index contributed by atoms with van der Waals surface area (Å²) in [4.78, 5) is 15.3. The summed E-state index contributed by atoms with van der Waals surface area (Å²) in [7, 11) is 1.31. The Labute approximate surface area is 157 Å². The van der Waals surface area contributed by atoms with Gasteiger partial charge in [-0.2, -0.15) is 0 Å². The molecule has 4 heterocycles. The number of hydrogen-bond donors (Lipinski definition) is 2. The van der Waals surface area contributed by atoms with Crippen LogP contribution in [0.15, 0.2) is 30.4 Å². The first kappa shape index (κ1) is 16.8. The van der Waals surface area contributed by atoms with Gasteiger partial charge in [0.25, 0.3) is 0 Å². The van der Waals surface area contributed by atoms with Crippen molar-refractivity contribution in [2.75, 3.05) is 20.2 Å². The zero-order valence-electron chi connectivity index (χ0n) is 15.6. The van der Waals surface area contributed by atoms with Gasteiger partial charge in [0.2, 0.25) is 5.72 Å². The molecule has 0 radical (unpaired) electrons. The molecule has 1 aromatic heterocycles. The Bertz CT molecular complexity index is 994. The molecule has 2 aromatic rings. The standard InChI is InChI=1S/C21H24N2O4/c1-3-20-8-4-9-22-10-7-15-14-6-5-13(24)11-16(14)23(17(15)18(20)22)21(26,12-20)19(25)27-2/h4-6,8,11,18,24,26H,3,7,9-10,12H2,1-2H3/t18-,20+,21+/m1/s1. The molecule has 1 aromatic carbocycles. The van der Waals surface area contributed by atoms with Crippen LogP contribution in [0.3, 0.4) is 0 Å². The maximum Gasteiger partial charge on any atom is 0.359 e. The van der Waals surface area contributed by atoms with Gasteiger partial charge >= 0.3 is 5.97 Å². The van der Waals surface area contributed by atoms with Crippen molar-refractivity contribution >= 4 is 16.9 Å². The van der Waals surface area contributed by atoms with E-state index in [1.165, 1.54) is 12.7 Å². The molecule has 27 heavy (non-hydrogen) atoms. The van der Waals surface area contributed by atoms with E-state index in [4.69, 9.17) is 4.74 Å². The number of fused-ring (bicyclic) bond motifs is 3. The van der Waals surface area contributed by atoms with Gasteiger partial charge in [0, 0.05) is 42.1 Å². The number of ether oxygens (including phenoxy) is 1. The molecule has 6 heteroatoms. The number of carbonyl (C=O) groups is 1. The second kappa shape index (κ2) is 5.36. The summed E-state index contributed by atoms with van der Waals surface area (Å²) in [5.74, 6) is -0.540. The summed E-state index contributed by atoms with van der Waals surface area (Å²) < 4.78 is 6.79. The smallest absolute Gasteiger partial charge is 0.359 e. The van der Waals surface area contributed by atoms with Crippen LogP contribution >= 0.6 is 0 Å². The van der Waals surface area contributed by atoms with Crippen molar-refractivity contribution in [3.05, 3.63) is 41.6 Å². The van der Waals surface area contributed by atoms with E-state index in [1.807, 2.05) is 6.07 Å². The summed E-state index contributed by atoms with van der Waals surface area (Å²) in [5, 5.41) is 22.8. The molecule has 0 saturated heterocycles. The number of aliphatic hydroxyl groups is 1. The molecule has 3 aliphatic heterocycles. The highest BCUT2D eigenvalue weighted by Gasteiger charge is 2.59. The molecular formula is C21H24N2O4. The van der Waals surface area contributed by atoms with Gasteiger partial charge < -0.3 is 19.5 Å². The van der Waals surface area contributed by atoms with Crippen LogP contribution in [-0.4, -0.2) is 45.8 Å². The number of phenolic OH excluding ortho intramolecular Hbond substituents is 1. The van der Waals surface area contributed by atoms with Gasteiger partial charge in [0.1, 0.15) is 5.75 Å². The summed E-state index contributed by atoms with van der Waals surface area (Å²) in [6.45, 7) is 3.93. The van der Waals surface area contributed by atoms with Gasteiger partial charge in [-0.1, -0.05) is 19.1 Å². The van der Waals surface area contributed by atoms with Crippen LogP contribution in [0.1, 0.15) is 37.1 Å². The quantitative estimate of drug-likeness (QED) is 0.629. The predicted molar refractivity (Wildman–Crippen MR) is 100 cm³/mol. The van der Waals surface area contributed by atoms with Crippen molar-refractivity contribution in [1.82, 2.24) is 9.47 Å². The first-order valence-electron chi connectivity index (χ1n) is 9.54. The van der Waals surface area contributed by atoms with Crippen molar-refractivity contribution in [1.29, 1.82) is 0 Å². The molecule has 6 nitrogen and oxygen atoms in total. The molecule has 142 valence electrons. The normalized spacial score (nSPS) is 31.7. The molecule has 2 N–H and O–H groups in total. The van der Waals surface area contributed by atoms with E-state index >= 15 is 0 Å². The molecule has 5 rings (SSSR count). The average molecular weight is 368 g/mol. The number of phenols is 1. The zero-order valence-corrected chi connectivity index (χ0v) is 15.6. The van der Waals surface area contributed by atoms with Gasteiger partial charge in [0.05, 0.1) is 18.7 Å². The van der Waals surface area contributed by atoms with E-state index in [0.29, 0.717) is 5.52 Å². The third-order valence-corrected chi connectivity index (χ3v) is 6.82. The van der Waals surface area contributed by atoms with Gasteiger partial charge in [-0.25, -0.2) is 4.79 Å². The summed E-state index contributed by atoms with van der Waals surface area (Å²) in [6.07, 6.45) is 6.27. The third kappa shape index (κ3) is 1.95. The van der Waals surface area contributed by atoms with Crippen LogP contribution in [0.25, 0.3) is 10.9 Å². The number of hydrogen-bond acceptors (Lipinski definition) is 5. The Kier molecular flexibility index (Phi) is 3.34. The van der Waals surface area contributed by atoms with Crippen LogP contribution in [0.4, 0.5) is 0 Å². The highest BCUT2D eigenvalue weighted by atomic mass is 16.5. The van der Waals surface area contributed by atoms with E-state index in [-0.39, 0.29) is 23.6 Å². The molecule has 0 spiro atoms. The van der Waals surface area contributed by atoms with E-state index in [2.05, 4.69) is 24.0 Å². The minimum absolute atomic E-state index is 0.107. The zero-order chi connectivity index (χ0) is 19.0. The second-order valence-electron chi connectivity index (χ2n) is 8.02. The Balaban J connectivity index is 1.92. The minimum Gasteiger partial charge on any atom is -0.508 e. The lowest BCUT2D eigenvalue weighted by atomic mass is 9.64. The number of benzene rings is 1. The van der Waals surface area contributed by atoms with E-state index in [0.717, 1.165) is 37.0 Å². The maximum atomic E-state index is 12.8. The van der Waals surface area contributed by atoms with E-state index in [1.54, 1.807) is 16.7 Å². The summed E-state index contributed by atoms with van der Waals surface area (Å²) >= 11 is 0.